The molecular formula is C34H34N2O5. The van der Waals surface area contributed by atoms with Gasteiger partial charge in [-0.3, -0.25) is 4.79 Å². The maximum atomic E-state index is 13.6. The molecule has 0 saturated carbocycles. The van der Waals surface area contributed by atoms with Gasteiger partial charge in [-0.15, -0.1) is 0 Å². The third-order valence-corrected chi connectivity index (χ3v) is 6.56. The molecule has 0 saturated heterocycles. The van der Waals surface area contributed by atoms with Crippen molar-refractivity contribution in [3.05, 3.63) is 143 Å². The summed E-state index contributed by atoms with van der Waals surface area (Å²) in [5.41, 5.74) is 3.97. The largest absolute Gasteiger partial charge is 0.460 e. The van der Waals surface area contributed by atoms with Gasteiger partial charge < -0.3 is 20.1 Å². The van der Waals surface area contributed by atoms with Crippen LogP contribution in [0.1, 0.15) is 32.6 Å². The first kappa shape index (κ1) is 29.1. The lowest BCUT2D eigenvalue weighted by atomic mass is 10.0. The van der Waals surface area contributed by atoms with Crippen molar-refractivity contribution < 1.29 is 23.9 Å². The Bertz CT molecular complexity index is 1410. The maximum absolute atomic E-state index is 13.6. The molecule has 0 heterocycles. The zero-order chi connectivity index (χ0) is 28.9. The topological polar surface area (TPSA) is 93.7 Å². The van der Waals surface area contributed by atoms with Crippen molar-refractivity contribution in [3.63, 3.8) is 0 Å². The molecule has 0 spiro atoms. The summed E-state index contributed by atoms with van der Waals surface area (Å²) >= 11 is 0. The van der Waals surface area contributed by atoms with Gasteiger partial charge in [0.05, 0.1) is 11.6 Å². The average molecular weight is 551 g/mol. The Morgan fingerprint density at radius 3 is 1.78 bits per heavy atom. The summed E-state index contributed by atoms with van der Waals surface area (Å²) in [5.74, 6) is -0.864. The van der Waals surface area contributed by atoms with E-state index in [9.17, 15) is 14.4 Å². The zero-order valence-corrected chi connectivity index (χ0v) is 23.0. The van der Waals surface area contributed by atoms with E-state index in [1.54, 1.807) is 12.1 Å². The van der Waals surface area contributed by atoms with E-state index in [1.807, 2.05) is 110 Å². The normalized spacial score (nSPS) is 12.0. The smallest absolute Gasteiger partial charge is 0.408 e. The fraction of sp³-hybridized carbons (Fsp3) is 0.206. The van der Waals surface area contributed by atoms with Gasteiger partial charge in [0.1, 0.15) is 19.3 Å². The van der Waals surface area contributed by atoms with Gasteiger partial charge in [-0.1, -0.05) is 109 Å². The van der Waals surface area contributed by atoms with Crippen LogP contribution in [0.2, 0.25) is 0 Å². The summed E-state index contributed by atoms with van der Waals surface area (Å²) in [6.45, 7) is 1.89. The van der Waals surface area contributed by atoms with Gasteiger partial charge in [-0.05, 0) is 41.7 Å². The van der Waals surface area contributed by atoms with E-state index in [1.165, 1.54) is 0 Å². The van der Waals surface area contributed by atoms with Gasteiger partial charge in [0.15, 0.2) is 0 Å². The molecule has 7 heteroatoms. The molecule has 0 aromatic heterocycles. The second-order valence-corrected chi connectivity index (χ2v) is 9.76. The molecule has 41 heavy (non-hydrogen) atoms. The minimum absolute atomic E-state index is 0.0374. The van der Waals surface area contributed by atoms with Crippen LogP contribution in [-0.4, -0.2) is 36.7 Å². The number of alkyl carbamates (subject to hydrolysis) is 1. The number of hydrogen-bond acceptors (Lipinski definition) is 5. The van der Waals surface area contributed by atoms with E-state index in [-0.39, 0.29) is 19.6 Å². The lowest BCUT2D eigenvalue weighted by Gasteiger charge is -2.24. The molecule has 210 valence electrons. The molecule has 4 aromatic rings. The zero-order valence-electron chi connectivity index (χ0n) is 23.0. The van der Waals surface area contributed by atoms with Crippen LogP contribution >= 0.6 is 0 Å². The highest BCUT2D eigenvalue weighted by Crippen LogP contribution is 2.11. The number of aryl methyl sites for hydroxylation is 1. The van der Waals surface area contributed by atoms with Gasteiger partial charge in [0.25, 0.3) is 0 Å². The summed E-state index contributed by atoms with van der Waals surface area (Å²) < 4.78 is 11.0. The van der Waals surface area contributed by atoms with Crippen LogP contribution in [-0.2, 0) is 33.7 Å². The first-order chi connectivity index (χ1) is 20.0. The second kappa shape index (κ2) is 15.0. The molecule has 2 atom stereocenters. The first-order valence-electron chi connectivity index (χ1n) is 13.6. The van der Waals surface area contributed by atoms with E-state index < -0.39 is 30.1 Å². The Morgan fingerprint density at radius 2 is 1.17 bits per heavy atom. The highest BCUT2D eigenvalue weighted by Gasteiger charge is 2.26. The fourth-order valence-electron chi connectivity index (χ4n) is 4.37. The van der Waals surface area contributed by atoms with Crippen molar-refractivity contribution in [2.45, 2.75) is 38.5 Å². The predicted octanol–water partition coefficient (Wildman–Crippen LogP) is 5.42. The van der Waals surface area contributed by atoms with Crippen LogP contribution in [0, 0.1) is 6.92 Å². The Hall–Kier alpha value is -4.91. The van der Waals surface area contributed by atoms with Crippen LogP contribution in [0.4, 0.5) is 4.79 Å². The molecule has 0 bridgehead atoms. The molecule has 0 aliphatic carbocycles. The Balaban J connectivity index is 1.46. The lowest BCUT2D eigenvalue weighted by molar-refractivity contribution is -0.124. The molecule has 0 fully saturated rings. The van der Waals surface area contributed by atoms with Crippen molar-refractivity contribution >= 4 is 18.0 Å². The first-order valence-corrected chi connectivity index (χ1v) is 13.6. The van der Waals surface area contributed by atoms with Gasteiger partial charge in [-0.25, -0.2) is 9.59 Å². The van der Waals surface area contributed by atoms with Crippen LogP contribution in [0.15, 0.2) is 115 Å². The maximum Gasteiger partial charge on any atom is 0.408 e. The molecule has 7 nitrogen and oxygen atoms in total. The monoisotopic (exact) mass is 550 g/mol. The SMILES string of the molecule is Cc1ccccc1C(=O)OC[C@H](Cc1ccccc1)NC(=O)[C@H](Cc1ccccc1)NC(=O)OCc1ccccc1. The predicted molar refractivity (Wildman–Crippen MR) is 157 cm³/mol. The van der Waals surface area contributed by atoms with Gasteiger partial charge in [0.2, 0.25) is 5.91 Å². The molecule has 2 N–H and O–H groups in total. The van der Waals surface area contributed by atoms with Gasteiger partial charge in [-0.2, -0.15) is 0 Å². The number of amides is 2. The highest BCUT2D eigenvalue weighted by atomic mass is 16.5. The minimum Gasteiger partial charge on any atom is -0.460 e. The average Bonchev–Trinajstić information content (AvgIpc) is 3.00. The van der Waals surface area contributed by atoms with E-state index in [4.69, 9.17) is 9.47 Å². The molecule has 2 amide bonds. The Labute approximate surface area is 240 Å². The number of ether oxygens (including phenoxy) is 2. The summed E-state index contributed by atoms with van der Waals surface area (Å²) in [4.78, 5) is 39.1. The molecule has 4 rings (SSSR count). The summed E-state index contributed by atoms with van der Waals surface area (Å²) in [5, 5.41) is 5.72. The van der Waals surface area contributed by atoms with E-state index in [0.717, 1.165) is 22.3 Å². The second-order valence-electron chi connectivity index (χ2n) is 9.76. The third-order valence-electron chi connectivity index (χ3n) is 6.56. The number of rotatable bonds is 12. The summed E-state index contributed by atoms with van der Waals surface area (Å²) in [6.07, 6.45) is -0.00582. The van der Waals surface area contributed by atoms with Crippen LogP contribution < -0.4 is 10.6 Å². The quantitative estimate of drug-likeness (QED) is 0.230. The third kappa shape index (κ3) is 9.35. The van der Waals surface area contributed by atoms with E-state index in [2.05, 4.69) is 10.6 Å². The molecule has 0 aliphatic rings. The molecule has 4 aromatic carbocycles. The fourth-order valence-corrected chi connectivity index (χ4v) is 4.37. The van der Waals surface area contributed by atoms with Crippen LogP contribution in [0.25, 0.3) is 0 Å². The molecular weight excluding hydrogens is 516 g/mol. The van der Waals surface area contributed by atoms with Crippen molar-refractivity contribution in [1.29, 1.82) is 0 Å². The number of carbonyl (C=O) groups is 3. The highest BCUT2D eigenvalue weighted by molar-refractivity contribution is 5.91. The van der Waals surface area contributed by atoms with Crippen molar-refractivity contribution in [2.24, 2.45) is 0 Å². The summed E-state index contributed by atoms with van der Waals surface area (Å²) in [6, 6.07) is 34.1. The number of nitrogens with one attached hydrogen (secondary N) is 2. The molecule has 0 aliphatic heterocycles. The Morgan fingerprint density at radius 1 is 0.634 bits per heavy atom. The van der Waals surface area contributed by atoms with Crippen LogP contribution in [0.5, 0.6) is 0 Å². The van der Waals surface area contributed by atoms with Crippen molar-refractivity contribution in [1.82, 2.24) is 10.6 Å². The van der Waals surface area contributed by atoms with Crippen molar-refractivity contribution in [2.75, 3.05) is 6.61 Å². The standard InChI is InChI=1S/C34H34N2O5/c1-25-13-11-12-20-30(25)33(38)40-24-29(21-26-14-5-2-6-15-26)35-32(37)31(22-27-16-7-3-8-17-27)36-34(39)41-23-28-18-9-4-10-19-28/h2-20,29,31H,21-24H2,1H3,(H,35,37)(H,36,39)/t29-,31-/m0/s1. The minimum atomic E-state index is -0.911. The van der Waals surface area contributed by atoms with Crippen molar-refractivity contribution in [3.8, 4) is 0 Å². The number of benzene rings is 4. The van der Waals surface area contributed by atoms with Gasteiger partial charge in [0, 0.05) is 6.42 Å². The molecule has 0 radical (unpaired) electrons. The molecule has 0 unspecified atom stereocenters. The lowest BCUT2D eigenvalue weighted by Crippen LogP contribution is -2.52. The number of hydrogen-bond donors (Lipinski definition) is 2. The Kier molecular flexibility index (Phi) is 10.7. The number of carbonyl (C=O) groups excluding carboxylic acids is 3. The van der Waals surface area contributed by atoms with Crippen LogP contribution in [0.3, 0.4) is 0 Å². The van der Waals surface area contributed by atoms with Gasteiger partial charge >= 0.3 is 12.1 Å². The van der Waals surface area contributed by atoms with E-state index >= 15 is 0 Å². The number of esters is 1. The van der Waals surface area contributed by atoms with E-state index in [0.29, 0.717) is 12.0 Å². The summed E-state index contributed by atoms with van der Waals surface area (Å²) in [7, 11) is 0.